The van der Waals surface area contributed by atoms with Crippen LogP contribution in [-0.2, 0) is 4.79 Å². The van der Waals surface area contributed by atoms with E-state index in [1.54, 1.807) is 0 Å². The summed E-state index contributed by atoms with van der Waals surface area (Å²) < 4.78 is 0. The van der Waals surface area contributed by atoms with Crippen molar-refractivity contribution in [3.63, 3.8) is 0 Å². The van der Waals surface area contributed by atoms with E-state index in [9.17, 15) is 9.90 Å². The molecular weight excluding hydrogens is 228 g/mol. The van der Waals surface area contributed by atoms with Gasteiger partial charge in [-0.25, -0.2) is 0 Å². The first-order valence-electron chi connectivity index (χ1n) is 7.27. The number of carbonyl (C=O) groups excluding carboxylic acids is 1. The molecule has 1 saturated carbocycles. The predicted octanol–water partition coefficient (Wildman–Crippen LogP) is 1.14. The molecule has 1 heterocycles. The molecule has 1 aliphatic carbocycles. The van der Waals surface area contributed by atoms with Crippen molar-refractivity contribution in [1.29, 1.82) is 0 Å². The second-order valence-electron chi connectivity index (χ2n) is 5.95. The summed E-state index contributed by atoms with van der Waals surface area (Å²) in [6, 6.07) is 0.560. The maximum absolute atomic E-state index is 12.4. The summed E-state index contributed by atoms with van der Waals surface area (Å²) in [5.41, 5.74) is 0. The number of amides is 1. The fourth-order valence-electron chi connectivity index (χ4n) is 3.20. The lowest BCUT2D eigenvalue weighted by Crippen LogP contribution is -2.51. The number of hydrogen-bond acceptors (Lipinski definition) is 3. The number of hydrogen-bond donors (Lipinski definition) is 2. The molecule has 4 nitrogen and oxygen atoms in total. The third-order valence-electron chi connectivity index (χ3n) is 4.55. The van der Waals surface area contributed by atoms with Crippen LogP contribution in [0, 0.1) is 5.92 Å². The lowest BCUT2D eigenvalue weighted by molar-refractivity contribution is -0.140. The fraction of sp³-hybridized carbons (Fsp3) is 0.929. The molecule has 2 fully saturated rings. The SMILES string of the molecule is CC1CCC(C(=O)N(C)C2CCCCC2O)CN1. The summed E-state index contributed by atoms with van der Waals surface area (Å²) in [7, 11) is 1.86. The van der Waals surface area contributed by atoms with Crippen molar-refractivity contribution in [2.75, 3.05) is 13.6 Å². The predicted molar refractivity (Wildman–Crippen MR) is 71.2 cm³/mol. The van der Waals surface area contributed by atoms with Gasteiger partial charge in [0.2, 0.25) is 5.91 Å². The smallest absolute Gasteiger partial charge is 0.227 e. The highest BCUT2D eigenvalue weighted by Crippen LogP contribution is 2.25. The van der Waals surface area contributed by atoms with E-state index in [0.29, 0.717) is 6.04 Å². The summed E-state index contributed by atoms with van der Waals surface area (Å²) >= 11 is 0. The van der Waals surface area contributed by atoms with Gasteiger partial charge in [0.1, 0.15) is 0 Å². The largest absolute Gasteiger partial charge is 0.391 e. The van der Waals surface area contributed by atoms with Crippen LogP contribution in [0.3, 0.4) is 0 Å². The van der Waals surface area contributed by atoms with Gasteiger partial charge in [0.05, 0.1) is 18.1 Å². The maximum atomic E-state index is 12.4. The second kappa shape index (κ2) is 6.02. The van der Waals surface area contributed by atoms with E-state index in [4.69, 9.17) is 0 Å². The van der Waals surface area contributed by atoms with Crippen LogP contribution >= 0.6 is 0 Å². The molecule has 18 heavy (non-hydrogen) atoms. The van der Waals surface area contributed by atoms with Gasteiger partial charge in [-0.2, -0.15) is 0 Å². The maximum Gasteiger partial charge on any atom is 0.227 e. The van der Waals surface area contributed by atoms with Gasteiger partial charge in [0.25, 0.3) is 0 Å². The number of aliphatic hydroxyl groups is 1. The summed E-state index contributed by atoms with van der Waals surface area (Å²) in [6.45, 7) is 2.95. The number of nitrogens with one attached hydrogen (secondary N) is 1. The van der Waals surface area contributed by atoms with Gasteiger partial charge >= 0.3 is 0 Å². The molecule has 2 rings (SSSR count). The van der Waals surface area contributed by atoms with Crippen molar-refractivity contribution in [3.8, 4) is 0 Å². The highest BCUT2D eigenvalue weighted by molar-refractivity contribution is 5.79. The van der Waals surface area contributed by atoms with Gasteiger partial charge in [-0.1, -0.05) is 12.8 Å². The number of aliphatic hydroxyl groups excluding tert-OH is 1. The minimum Gasteiger partial charge on any atom is -0.391 e. The van der Waals surface area contributed by atoms with Crippen LogP contribution < -0.4 is 5.32 Å². The average Bonchev–Trinajstić information content (AvgIpc) is 2.38. The summed E-state index contributed by atoms with van der Waals surface area (Å²) in [5, 5.41) is 13.4. The van der Waals surface area contributed by atoms with E-state index in [-0.39, 0.29) is 24.0 Å². The lowest BCUT2D eigenvalue weighted by Gasteiger charge is -2.38. The monoisotopic (exact) mass is 254 g/mol. The first-order valence-corrected chi connectivity index (χ1v) is 7.27. The number of piperidine rings is 1. The molecular formula is C14H26N2O2. The van der Waals surface area contributed by atoms with Crippen LogP contribution in [0.5, 0.6) is 0 Å². The first-order chi connectivity index (χ1) is 8.59. The minimum absolute atomic E-state index is 0.0330. The number of rotatable bonds is 2. The highest BCUT2D eigenvalue weighted by atomic mass is 16.3. The zero-order valence-electron chi connectivity index (χ0n) is 11.6. The molecule has 0 radical (unpaired) electrons. The molecule has 0 aromatic heterocycles. The van der Waals surface area contributed by atoms with Crippen LogP contribution in [0.15, 0.2) is 0 Å². The third kappa shape index (κ3) is 3.04. The topological polar surface area (TPSA) is 52.6 Å². The zero-order valence-corrected chi connectivity index (χ0v) is 11.6. The van der Waals surface area contributed by atoms with Crippen molar-refractivity contribution in [2.24, 2.45) is 5.92 Å². The molecule has 4 heteroatoms. The Hall–Kier alpha value is -0.610. The standard InChI is InChI=1S/C14H26N2O2/c1-10-7-8-11(9-15-10)14(18)16(2)12-5-3-4-6-13(12)17/h10-13,15,17H,3-9H2,1-2H3. The van der Waals surface area contributed by atoms with Crippen LogP contribution in [0.25, 0.3) is 0 Å². The molecule has 2 aliphatic rings. The van der Waals surface area contributed by atoms with E-state index in [1.807, 2.05) is 11.9 Å². The van der Waals surface area contributed by atoms with Gasteiger partial charge in [-0.3, -0.25) is 4.79 Å². The van der Waals surface area contributed by atoms with Crippen LogP contribution in [-0.4, -0.2) is 47.7 Å². The van der Waals surface area contributed by atoms with E-state index in [2.05, 4.69) is 12.2 Å². The van der Waals surface area contributed by atoms with Gasteiger partial charge in [0, 0.05) is 19.6 Å². The Balaban J connectivity index is 1.91. The van der Waals surface area contributed by atoms with E-state index >= 15 is 0 Å². The molecule has 1 saturated heterocycles. The Labute approximate surface area is 110 Å². The van der Waals surface area contributed by atoms with Crippen molar-refractivity contribution in [1.82, 2.24) is 10.2 Å². The second-order valence-corrected chi connectivity index (χ2v) is 5.95. The minimum atomic E-state index is -0.330. The Morgan fingerprint density at radius 1 is 1.22 bits per heavy atom. The molecule has 2 N–H and O–H groups in total. The zero-order chi connectivity index (χ0) is 13.1. The molecule has 4 unspecified atom stereocenters. The molecule has 0 aromatic carbocycles. The van der Waals surface area contributed by atoms with E-state index in [0.717, 1.165) is 45.1 Å². The summed E-state index contributed by atoms with van der Waals surface area (Å²) in [5.74, 6) is 0.306. The highest BCUT2D eigenvalue weighted by Gasteiger charge is 2.33. The molecule has 4 atom stereocenters. The average molecular weight is 254 g/mol. The Kier molecular flexibility index (Phi) is 4.62. The Morgan fingerprint density at radius 3 is 2.56 bits per heavy atom. The normalized spacial score (nSPS) is 37.3. The van der Waals surface area contributed by atoms with Crippen LogP contribution in [0.1, 0.15) is 45.4 Å². The third-order valence-corrected chi connectivity index (χ3v) is 4.55. The van der Waals surface area contributed by atoms with Gasteiger partial charge in [-0.15, -0.1) is 0 Å². The number of nitrogens with zero attached hydrogens (tertiary/aromatic N) is 1. The number of likely N-dealkylation sites (N-methyl/N-ethyl adjacent to an activating group) is 1. The van der Waals surface area contributed by atoms with Crippen LogP contribution in [0.4, 0.5) is 0 Å². The Bertz CT molecular complexity index is 288. The van der Waals surface area contributed by atoms with Crippen LogP contribution in [0.2, 0.25) is 0 Å². The van der Waals surface area contributed by atoms with Gasteiger partial charge < -0.3 is 15.3 Å². The lowest BCUT2D eigenvalue weighted by atomic mass is 9.89. The van der Waals surface area contributed by atoms with Crippen molar-refractivity contribution in [3.05, 3.63) is 0 Å². The van der Waals surface area contributed by atoms with Crippen molar-refractivity contribution < 1.29 is 9.90 Å². The molecule has 0 bridgehead atoms. The first kappa shape index (κ1) is 13.8. The van der Waals surface area contributed by atoms with E-state index < -0.39 is 0 Å². The fourth-order valence-corrected chi connectivity index (χ4v) is 3.20. The van der Waals surface area contributed by atoms with Gasteiger partial charge in [-0.05, 0) is 32.6 Å². The van der Waals surface area contributed by atoms with Crippen molar-refractivity contribution >= 4 is 5.91 Å². The quantitative estimate of drug-likeness (QED) is 0.777. The molecule has 0 aromatic rings. The molecule has 0 spiro atoms. The number of carbonyl (C=O) groups is 1. The summed E-state index contributed by atoms with van der Waals surface area (Å²) in [4.78, 5) is 14.2. The molecule has 1 amide bonds. The van der Waals surface area contributed by atoms with E-state index in [1.165, 1.54) is 0 Å². The van der Waals surface area contributed by atoms with Crippen molar-refractivity contribution in [2.45, 2.75) is 63.6 Å². The van der Waals surface area contributed by atoms with Gasteiger partial charge in [0.15, 0.2) is 0 Å². The molecule has 104 valence electrons. The Morgan fingerprint density at radius 2 is 1.94 bits per heavy atom. The summed E-state index contributed by atoms with van der Waals surface area (Å²) in [6.07, 6.45) is 5.70. The molecule has 1 aliphatic heterocycles.